The Balaban J connectivity index is 1.76. The minimum Gasteiger partial charge on any atom is -0.383 e. The minimum atomic E-state index is -0.521. The van der Waals surface area contributed by atoms with Gasteiger partial charge in [-0.25, -0.2) is 4.39 Å². The third-order valence-corrected chi connectivity index (χ3v) is 3.57. The van der Waals surface area contributed by atoms with Crippen LogP contribution in [-0.4, -0.2) is 41.9 Å². The van der Waals surface area contributed by atoms with Gasteiger partial charge in [-0.15, -0.1) is 0 Å². The number of anilines is 1. The van der Waals surface area contributed by atoms with Gasteiger partial charge in [-0.2, -0.15) is 5.10 Å². The molecule has 2 rings (SSSR count). The number of hydrogen-bond donors (Lipinski definition) is 2. The number of halogens is 2. The average Bonchev–Trinajstić information content (AvgIpc) is 3.00. The Morgan fingerprint density at radius 2 is 2.20 bits per heavy atom. The van der Waals surface area contributed by atoms with Crippen molar-refractivity contribution < 1.29 is 18.7 Å². The minimum absolute atomic E-state index is 0.0189. The zero-order chi connectivity index (χ0) is 18.2. The van der Waals surface area contributed by atoms with Gasteiger partial charge >= 0.3 is 0 Å². The van der Waals surface area contributed by atoms with Gasteiger partial charge in [0.15, 0.2) is 0 Å². The SMILES string of the molecule is COCCn1cc(NC(=O)CCNC(=O)c2ccc(F)cc2Cl)cn1. The third kappa shape index (κ3) is 5.84. The van der Waals surface area contributed by atoms with Crippen molar-refractivity contribution in [2.24, 2.45) is 0 Å². The Kier molecular flexibility index (Phi) is 6.91. The molecule has 25 heavy (non-hydrogen) atoms. The van der Waals surface area contributed by atoms with Crippen LogP contribution in [0.4, 0.5) is 10.1 Å². The molecule has 0 unspecified atom stereocenters. The molecule has 0 saturated heterocycles. The first kappa shape index (κ1) is 18.9. The monoisotopic (exact) mass is 368 g/mol. The fraction of sp³-hybridized carbons (Fsp3) is 0.312. The summed E-state index contributed by atoms with van der Waals surface area (Å²) in [5, 5.41) is 9.34. The molecule has 0 aliphatic heterocycles. The van der Waals surface area contributed by atoms with Gasteiger partial charge in [0.2, 0.25) is 5.91 Å². The van der Waals surface area contributed by atoms with Gasteiger partial charge in [0.25, 0.3) is 5.91 Å². The van der Waals surface area contributed by atoms with E-state index in [2.05, 4.69) is 15.7 Å². The molecule has 0 saturated carbocycles. The number of nitrogens with zero attached hydrogens (tertiary/aromatic N) is 2. The van der Waals surface area contributed by atoms with Gasteiger partial charge in [0.05, 0.1) is 35.6 Å². The first-order valence-electron chi connectivity index (χ1n) is 7.54. The van der Waals surface area contributed by atoms with Crippen LogP contribution in [0.15, 0.2) is 30.6 Å². The maximum Gasteiger partial charge on any atom is 0.252 e. The van der Waals surface area contributed by atoms with E-state index in [9.17, 15) is 14.0 Å². The average molecular weight is 369 g/mol. The van der Waals surface area contributed by atoms with Gasteiger partial charge < -0.3 is 15.4 Å². The molecule has 0 atom stereocenters. The lowest BCUT2D eigenvalue weighted by atomic mass is 10.2. The van der Waals surface area contributed by atoms with Gasteiger partial charge in [-0.1, -0.05) is 11.6 Å². The van der Waals surface area contributed by atoms with Gasteiger partial charge in [0.1, 0.15) is 5.82 Å². The molecule has 1 aromatic carbocycles. The van der Waals surface area contributed by atoms with E-state index >= 15 is 0 Å². The van der Waals surface area contributed by atoms with Crippen LogP contribution in [0, 0.1) is 5.82 Å². The number of methoxy groups -OCH3 is 1. The number of nitrogens with one attached hydrogen (secondary N) is 2. The molecule has 0 aliphatic carbocycles. The van der Waals surface area contributed by atoms with Crippen molar-refractivity contribution in [3.63, 3.8) is 0 Å². The summed E-state index contributed by atoms with van der Waals surface area (Å²) >= 11 is 5.81. The van der Waals surface area contributed by atoms with Crippen LogP contribution in [0.2, 0.25) is 5.02 Å². The second kappa shape index (κ2) is 9.14. The van der Waals surface area contributed by atoms with Crippen LogP contribution >= 0.6 is 11.6 Å². The first-order chi connectivity index (χ1) is 12.0. The molecule has 9 heteroatoms. The largest absolute Gasteiger partial charge is 0.383 e. The smallest absolute Gasteiger partial charge is 0.252 e. The van der Waals surface area contributed by atoms with Crippen LogP contribution in [0.25, 0.3) is 0 Å². The molecule has 2 aromatic rings. The summed E-state index contributed by atoms with van der Waals surface area (Å²) in [6.07, 6.45) is 3.30. The van der Waals surface area contributed by atoms with Crippen LogP contribution in [0.5, 0.6) is 0 Å². The number of ether oxygens (including phenoxy) is 1. The third-order valence-electron chi connectivity index (χ3n) is 3.25. The normalized spacial score (nSPS) is 10.5. The molecule has 0 aliphatic rings. The van der Waals surface area contributed by atoms with Gasteiger partial charge in [-0.05, 0) is 18.2 Å². The summed E-state index contributed by atoms with van der Waals surface area (Å²) in [6, 6.07) is 3.50. The molecule has 0 fully saturated rings. The van der Waals surface area contributed by atoms with Crippen LogP contribution in [0.1, 0.15) is 16.8 Å². The van der Waals surface area contributed by atoms with E-state index in [-0.39, 0.29) is 29.5 Å². The van der Waals surface area contributed by atoms with E-state index in [1.165, 1.54) is 12.3 Å². The Hall–Kier alpha value is -2.45. The second-order valence-corrected chi connectivity index (χ2v) is 5.57. The van der Waals surface area contributed by atoms with Crippen molar-refractivity contribution in [3.8, 4) is 0 Å². The number of carbonyl (C=O) groups is 2. The number of aromatic nitrogens is 2. The zero-order valence-corrected chi connectivity index (χ0v) is 14.3. The molecule has 1 heterocycles. The Labute approximate surface area is 149 Å². The Morgan fingerprint density at radius 1 is 1.40 bits per heavy atom. The van der Waals surface area contributed by atoms with Crippen molar-refractivity contribution in [1.29, 1.82) is 0 Å². The van der Waals surface area contributed by atoms with Crippen molar-refractivity contribution in [3.05, 3.63) is 47.0 Å². The number of hydrogen-bond acceptors (Lipinski definition) is 4. The molecule has 0 radical (unpaired) electrons. The topological polar surface area (TPSA) is 85.2 Å². The summed E-state index contributed by atoms with van der Waals surface area (Å²) in [5.74, 6) is -1.26. The lowest BCUT2D eigenvalue weighted by molar-refractivity contribution is -0.116. The maximum absolute atomic E-state index is 13.0. The highest BCUT2D eigenvalue weighted by Crippen LogP contribution is 2.16. The maximum atomic E-state index is 13.0. The van der Waals surface area contributed by atoms with Crippen LogP contribution in [-0.2, 0) is 16.1 Å². The standard InChI is InChI=1S/C16H18ClFN4O3/c1-25-7-6-22-10-12(9-20-22)21-15(23)4-5-19-16(24)13-3-2-11(18)8-14(13)17/h2-3,8-10H,4-7H2,1H3,(H,19,24)(H,21,23). The first-order valence-corrected chi connectivity index (χ1v) is 7.92. The molecule has 1 aromatic heterocycles. The lowest BCUT2D eigenvalue weighted by Crippen LogP contribution is -2.27. The fourth-order valence-electron chi connectivity index (χ4n) is 2.02. The summed E-state index contributed by atoms with van der Waals surface area (Å²) in [4.78, 5) is 23.8. The molecular formula is C16H18ClFN4O3. The molecular weight excluding hydrogens is 351 g/mol. The summed E-state index contributed by atoms with van der Waals surface area (Å²) < 4.78 is 19.6. The van der Waals surface area contributed by atoms with Crippen molar-refractivity contribution >= 4 is 29.1 Å². The van der Waals surface area contributed by atoms with Gasteiger partial charge in [-0.3, -0.25) is 14.3 Å². The summed E-state index contributed by atoms with van der Waals surface area (Å²) in [7, 11) is 1.60. The van der Waals surface area contributed by atoms with Crippen molar-refractivity contribution in [2.75, 3.05) is 25.6 Å². The summed E-state index contributed by atoms with van der Waals surface area (Å²) in [5.41, 5.74) is 0.719. The molecule has 7 nitrogen and oxygen atoms in total. The van der Waals surface area contributed by atoms with E-state index in [1.807, 2.05) is 0 Å². The quantitative estimate of drug-likeness (QED) is 0.747. The van der Waals surface area contributed by atoms with E-state index in [0.29, 0.717) is 18.8 Å². The molecule has 2 amide bonds. The molecule has 2 N–H and O–H groups in total. The molecule has 0 bridgehead atoms. The number of carbonyl (C=O) groups excluding carboxylic acids is 2. The van der Waals surface area contributed by atoms with Crippen LogP contribution in [0.3, 0.4) is 0 Å². The predicted octanol–water partition coefficient (Wildman–Crippen LogP) is 2.08. The lowest BCUT2D eigenvalue weighted by Gasteiger charge is -2.07. The van der Waals surface area contributed by atoms with E-state index in [4.69, 9.17) is 16.3 Å². The fourth-order valence-corrected chi connectivity index (χ4v) is 2.27. The van der Waals surface area contributed by atoms with E-state index in [1.54, 1.807) is 18.0 Å². The second-order valence-electron chi connectivity index (χ2n) is 5.16. The number of benzene rings is 1. The predicted molar refractivity (Wildman–Crippen MR) is 91.1 cm³/mol. The number of amides is 2. The highest BCUT2D eigenvalue weighted by molar-refractivity contribution is 6.33. The van der Waals surface area contributed by atoms with Crippen LogP contribution < -0.4 is 10.6 Å². The summed E-state index contributed by atoms with van der Waals surface area (Å²) in [6.45, 7) is 1.23. The van der Waals surface area contributed by atoms with Gasteiger partial charge in [0, 0.05) is 26.3 Å². The highest BCUT2D eigenvalue weighted by Gasteiger charge is 2.11. The molecule has 134 valence electrons. The van der Waals surface area contributed by atoms with E-state index in [0.717, 1.165) is 12.1 Å². The Morgan fingerprint density at radius 3 is 2.92 bits per heavy atom. The van der Waals surface area contributed by atoms with E-state index < -0.39 is 11.7 Å². The molecule has 0 spiro atoms. The van der Waals surface area contributed by atoms with Crippen molar-refractivity contribution in [2.45, 2.75) is 13.0 Å². The Bertz CT molecular complexity index is 751. The zero-order valence-electron chi connectivity index (χ0n) is 13.6. The highest BCUT2D eigenvalue weighted by atomic mass is 35.5. The number of rotatable bonds is 8. The van der Waals surface area contributed by atoms with Crippen molar-refractivity contribution in [1.82, 2.24) is 15.1 Å².